The van der Waals surface area contributed by atoms with Crippen molar-refractivity contribution in [3.8, 4) is 0 Å². The first-order valence-electron chi connectivity index (χ1n) is 3.79. The molecule has 0 spiro atoms. The van der Waals surface area contributed by atoms with Gasteiger partial charge in [-0.05, 0) is 36.3 Å². The molecule has 0 radical (unpaired) electrons. The van der Waals surface area contributed by atoms with Crippen molar-refractivity contribution in [1.29, 1.82) is 0 Å². The van der Waals surface area contributed by atoms with Crippen molar-refractivity contribution >= 4 is 40.2 Å². The largest absolute Gasteiger partial charge is 0.179 e. The van der Waals surface area contributed by atoms with Crippen LogP contribution in [0.25, 0.3) is 0 Å². The van der Waals surface area contributed by atoms with Crippen molar-refractivity contribution in [2.24, 2.45) is 0 Å². The summed E-state index contributed by atoms with van der Waals surface area (Å²) in [6.45, 7) is 0. The number of aryl methyl sites for hydroxylation is 1. The molecule has 0 N–H and O–H groups in total. The highest BCUT2D eigenvalue weighted by molar-refractivity contribution is 9.10. The zero-order valence-corrected chi connectivity index (χ0v) is 9.79. The Hall–Kier alpha value is 0.340. The molecule has 0 aromatic heterocycles. The molecule has 0 aliphatic heterocycles. The lowest BCUT2D eigenvalue weighted by Gasteiger charge is -2.02. The summed E-state index contributed by atoms with van der Waals surface area (Å²) in [6, 6.07) is 5.99. The lowest BCUT2D eigenvalue weighted by molar-refractivity contribution is 0.936. The van der Waals surface area contributed by atoms with E-state index in [0.717, 1.165) is 28.1 Å². The Bertz CT molecular complexity index is 263. The average Bonchev–Trinajstić information content (AvgIpc) is 2.03. The molecule has 1 aromatic carbocycles. The second-order valence-corrected chi connectivity index (χ2v) is 4.33. The molecule has 1 aromatic rings. The van der Waals surface area contributed by atoms with Crippen molar-refractivity contribution in [1.82, 2.24) is 0 Å². The minimum Gasteiger partial charge on any atom is -0.179 e. The molecule has 0 saturated heterocycles. The Morgan fingerprint density at radius 3 is 2.75 bits per heavy atom. The molecule has 1 rings (SSSR count). The Morgan fingerprint density at radius 2 is 2.17 bits per heavy atom. The van der Waals surface area contributed by atoms with Crippen LogP contribution in [0.3, 0.4) is 0 Å². The molecule has 0 saturated carbocycles. The molecule has 0 bridgehead atoms. The van der Waals surface area contributed by atoms with E-state index >= 15 is 0 Å². The average molecular weight is 266 g/mol. The minimum atomic E-state index is 0.839. The highest BCUT2D eigenvalue weighted by Crippen LogP contribution is 2.22. The van der Waals surface area contributed by atoms with Gasteiger partial charge in [0, 0.05) is 9.50 Å². The van der Waals surface area contributed by atoms with Crippen molar-refractivity contribution in [2.75, 3.05) is 5.75 Å². The number of rotatable bonds is 3. The van der Waals surface area contributed by atoms with Crippen LogP contribution >= 0.6 is 40.2 Å². The molecule has 0 fully saturated rings. The molecule has 0 amide bonds. The SMILES string of the molecule is SCCCc1ccc(Br)cc1Cl. The van der Waals surface area contributed by atoms with Gasteiger partial charge in [0.1, 0.15) is 0 Å². The van der Waals surface area contributed by atoms with E-state index in [2.05, 4.69) is 34.6 Å². The van der Waals surface area contributed by atoms with Gasteiger partial charge < -0.3 is 0 Å². The van der Waals surface area contributed by atoms with E-state index < -0.39 is 0 Å². The molecule has 66 valence electrons. The van der Waals surface area contributed by atoms with Crippen molar-refractivity contribution in [2.45, 2.75) is 12.8 Å². The van der Waals surface area contributed by atoms with Crippen LogP contribution < -0.4 is 0 Å². The van der Waals surface area contributed by atoms with Crippen molar-refractivity contribution in [3.63, 3.8) is 0 Å². The lowest BCUT2D eigenvalue weighted by atomic mass is 10.1. The maximum absolute atomic E-state index is 6.01. The number of benzene rings is 1. The maximum Gasteiger partial charge on any atom is 0.0449 e. The summed E-state index contributed by atoms with van der Waals surface area (Å²) in [6.07, 6.45) is 2.08. The molecule has 0 nitrogen and oxygen atoms in total. The monoisotopic (exact) mass is 264 g/mol. The Labute approximate surface area is 91.9 Å². The molecule has 3 heteroatoms. The summed E-state index contributed by atoms with van der Waals surface area (Å²) in [5, 5.41) is 0.839. The van der Waals surface area contributed by atoms with Crippen LogP contribution in [0.15, 0.2) is 22.7 Å². The zero-order chi connectivity index (χ0) is 8.97. The van der Waals surface area contributed by atoms with Gasteiger partial charge in [0.15, 0.2) is 0 Å². The van der Waals surface area contributed by atoms with E-state index in [1.165, 1.54) is 5.56 Å². The third kappa shape index (κ3) is 3.00. The molecule has 0 heterocycles. The van der Waals surface area contributed by atoms with Gasteiger partial charge in [0.2, 0.25) is 0 Å². The van der Waals surface area contributed by atoms with Gasteiger partial charge in [-0.25, -0.2) is 0 Å². The van der Waals surface area contributed by atoms with Gasteiger partial charge in [-0.1, -0.05) is 33.6 Å². The number of halogens is 2. The summed E-state index contributed by atoms with van der Waals surface area (Å²) >= 11 is 13.5. The first kappa shape index (κ1) is 10.4. The number of hydrogen-bond donors (Lipinski definition) is 1. The van der Waals surface area contributed by atoms with E-state index in [4.69, 9.17) is 11.6 Å². The van der Waals surface area contributed by atoms with E-state index in [0.29, 0.717) is 0 Å². The fourth-order valence-corrected chi connectivity index (χ4v) is 1.92. The maximum atomic E-state index is 6.01. The highest BCUT2D eigenvalue weighted by Gasteiger charge is 1.99. The smallest absolute Gasteiger partial charge is 0.0449 e. The van der Waals surface area contributed by atoms with Crippen LogP contribution in [0.2, 0.25) is 5.02 Å². The van der Waals surface area contributed by atoms with Gasteiger partial charge in [-0.3, -0.25) is 0 Å². The Morgan fingerprint density at radius 1 is 1.42 bits per heavy atom. The number of thiol groups is 1. The second-order valence-electron chi connectivity index (χ2n) is 2.56. The molecule has 0 aliphatic rings. The topological polar surface area (TPSA) is 0 Å². The van der Waals surface area contributed by atoms with Crippen LogP contribution in [0.4, 0.5) is 0 Å². The molecular weight excluding hydrogens is 256 g/mol. The standard InChI is InChI=1S/C9H10BrClS/c10-8-4-3-7(2-1-5-12)9(11)6-8/h3-4,6,12H,1-2,5H2. The highest BCUT2D eigenvalue weighted by atomic mass is 79.9. The summed E-state index contributed by atoms with van der Waals surface area (Å²) in [4.78, 5) is 0. The Kier molecular flexibility index (Phi) is 4.47. The lowest BCUT2D eigenvalue weighted by Crippen LogP contribution is -1.87. The van der Waals surface area contributed by atoms with E-state index in [1.54, 1.807) is 0 Å². The third-order valence-electron chi connectivity index (χ3n) is 1.62. The van der Waals surface area contributed by atoms with Crippen LogP contribution in [0, 0.1) is 0 Å². The van der Waals surface area contributed by atoms with Gasteiger partial charge in [-0.15, -0.1) is 0 Å². The summed E-state index contributed by atoms with van der Waals surface area (Å²) < 4.78 is 1.03. The molecule has 0 atom stereocenters. The summed E-state index contributed by atoms with van der Waals surface area (Å²) in [5.41, 5.74) is 1.20. The molecular formula is C9H10BrClS. The zero-order valence-electron chi connectivity index (χ0n) is 6.56. The van der Waals surface area contributed by atoms with E-state index in [9.17, 15) is 0 Å². The Balaban J connectivity index is 2.72. The summed E-state index contributed by atoms with van der Waals surface area (Å²) in [5.74, 6) is 0.909. The van der Waals surface area contributed by atoms with Crippen LogP contribution in [0.5, 0.6) is 0 Å². The third-order valence-corrected chi connectivity index (χ3v) is 2.78. The quantitative estimate of drug-likeness (QED) is 0.786. The molecule has 0 unspecified atom stereocenters. The van der Waals surface area contributed by atoms with Gasteiger partial charge in [0.05, 0.1) is 0 Å². The fourth-order valence-electron chi connectivity index (χ4n) is 0.994. The van der Waals surface area contributed by atoms with Gasteiger partial charge in [0.25, 0.3) is 0 Å². The van der Waals surface area contributed by atoms with Crippen molar-refractivity contribution in [3.05, 3.63) is 33.3 Å². The first-order chi connectivity index (χ1) is 5.74. The number of hydrogen-bond acceptors (Lipinski definition) is 1. The second kappa shape index (κ2) is 5.15. The van der Waals surface area contributed by atoms with E-state index in [1.807, 2.05) is 12.1 Å². The van der Waals surface area contributed by atoms with Gasteiger partial charge >= 0.3 is 0 Å². The van der Waals surface area contributed by atoms with Crippen LogP contribution in [0.1, 0.15) is 12.0 Å². The molecule has 12 heavy (non-hydrogen) atoms. The van der Waals surface area contributed by atoms with Crippen molar-refractivity contribution < 1.29 is 0 Å². The molecule has 0 aliphatic carbocycles. The predicted octanol–water partition coefficient (Wildman–Crippen LogP) is 3.96. The van der Waals surface area contributed by atoms with Crippen LogP contribution in [-0.2, 0) is 6.42 Å². The first-order valence-corrected chi connectivity index (χ1v) is 5.59. The summed E-state index contributed by atoms with van der Waals surface area (Å²) in [7, 11) is 0. The van der Waals surface area contributed by atoms with E-state index in [-0.39, 0.29) is 0 Å². The minimum absolute atomic E-state index is 0.839. The normalized spacial score (nSPS) is 10.2. The fraction of sp³-hybridized carbons (Fsp3) is 0.333. The predicted molar refractivity (Wildman–Crippen MR) is 61.3 cm³/mol. The van der Waals surface area contributed by atoms with Gasteiger partial charge in [-0.2, -0.15) is 12.6 Å². The van der Waals surface area contributed by atoms with Crippen LogP contribution in [-0.4, -0.2) is 5.75 Å².